The van der Waals surface area contributed by atoms with Gasteiger partial charge in [-0.25, -0.2) is 4.98 Å². The first-order valence-corrected chi connectivity index (χ1v) is 7.17. The van der Waals surface area contributed by atoms with Crippen molar-refractivity contribution in [1.82, 2.24) is 15.3 Å². The second-order valence-corrected chi connectivity index (χ2v) is 6.63. The van der Waals surface area contributed by atoms with Gasteiger partial charge in [0.15, 0.2) is 0 Å². The van der Waals surface area contributed by atoms with Crippen molar-refractivity contribution in [3.63, 3.8) is 0 Å². The van der Waals surface area contributed by atoms with E-state index in [0.29, 0.717) is 0 Å². The molecule has 3 nitrogen and oxygen atoms in total. The van der Waals surface area contributed by atoms with Gasteiger partial charge in [-0.3, -0.25) is 0 Å². The molecule has 0 fully saturated rings. The summed E-state index contributed by atoms with van der Waals surface area (Å²) in [6.45, 7) is 11.6. The van der Waals surface area contributed by atoms with E-state index in [1.54, 1.807) is 0 Å². The normalized spacial score (nSPS) is 11.8. The number of rotatable bonds is 4. The molecule has 1 heterocycles. The lowest BCUT2D eigenvalue weighted by Gasteiger charge is -2.19. The molecule has 0 spiro atoms. The van der Waals surface area contributed by atoms with E-state index in [1.807, 2.05) is 6.20 Å². The van der Waals surface area contributed by atoms with Crippen LogP contribution in [0.5, 0.6) is 0 Å². The molecule has 108 valence electrons. The van der Waals surface area contributed by atoms with Crippen LogP contribution in [-0.4, -0.2) is 15.5 Å². The minimum atomic E-state index is 0.124. The van der Waals surface area contributed by atoms with Crippen LogP contribution < -0.4 is 5.32 Å². The summed E-state index contributed by atoms with van der Waals surface area (Å²) in [4.78, 5) is 7.88. The van der Waals surface area contributed by atoms with Crippen LogP contribution in [0.15, 0.2) is 24.4 Å². The zero-order valence-corrected chi connectivity index (χ0v) is 13.2. The molecule has 0 aliphatic carbocycles. The number of hydrogen-bond donors (Lipinski definition) is 2. The lowest BCUT2D eigenvalue weighted by Crippen LogP contribution is -2.35. The molecule has 0 aliphatic heterocycles. The first kappa shape index (κ1) is 14.8. The average Bonchev–Trinajstić information content (AvgIpc) is 2.72. The Bertz CT molecular complexity index is 556. The number of aryl methyl sites for hydroxylation is 2. The maximum Gasteiger partial charge on any atom is 0.110 e. The van der Waals surface area contributed by atoms with E-state index in [2.05, 4.69) is 68.1 Å². The van der Waals surface area contributed by atoms with Gasteiger partial charge in [-0.05, 0) is 40.2 Å². The number of aromatic amines is 1. The highest BCUT2D eigenvalue weighted by Crippen LogP contribution is 2.12. The van der Waals surface area contributed by atoms with E-state index in [-0.39, 0.29) is 5.54 Å². The third-order valence-electron chi connectivity index (χ3n) is 3.14. The smallest absolute Gasteiger partial charge is 0.110 e. The minimum absolute atomic E-state index is 0.124. The molecule has 0 atom stereocenters. The molecule has 0 radical (unpaired) electrons. The third kappa shape index (κ3) is 4.49. The van der Waals surface area contributed by atoms with Gasteiger partial charge in [0.05, 0.1) is 0 Å². The van der Waals surface area contributed by atoms with Gasteiger partial charge < -0.3 is 10.3 Å². The molecule has 0 aliphatic rings. The highest BCUT2D eigenvalue weighted by atomic mass is 15.0. The van der Waals surface area contributed by atoms with Gasteiger partial charge in [0.2, 0.25) is 0 Å². The van der Waals surface area contributed by atoms with Crippen molar-refractivity contribution in [2.75, 3.05) is 0 Å². The predicted octanol–water partition coefficient (Wildman–Crippen LogP) is 3.51. The van der Waals surface area contributed by atoms with Crippen LogP contribution in [0.25, 0.3) is 0 Å². The van der Waals surface area contributed by atoms with Crippen LogP contribution in [-0.2, 0) is 13.0 Å². The lowest BCUT2D eigenvalue weighted by atomic mass is 10.1. The highest BCUT2D eigenvalue weighted by molar-refractivity contribution is 5.30. The van der Waals surface area contributed by atoms with E-state index in [9.17, 15) is 0 Å². The lowest BCUT2D eigenvalue weighted by molar-refractivity contribution is 0.421. The van der Waals surface area contributed by atoms with Crippen LogP contribution in [0.1, 0.15) is 49.0 Å². The fourth-order valence-electron chi connectivity index (χ4n) is 2.31. The SMILES string of the molecule is Cc1cc(C)cc(Cc2ncc(CNC(C)(C)C)[nH]2)c1. The van der Waals surface area contributed by atoms with Crippen molar-refractivity contribution in [3.8, 4) is 0 Å². The topological polar surface area (TPSA) is 40.7 Å². The molecule has 1 aromatic carbocycles. The van der Waals surface area contributed by atoms with Crippen molar-refractivity contribution >= 4 is 0 Å². The Hall–Kier alpha value is -1.61. The quantitative estimate of drug-likeness (QED) is 0.893. The second kappa shape index (κ2) is 5.80. The van der Waals surface area contributed by atoms with Crippen LogP contribution in [0.4, 0.5) is 0 Å². The molecule has 0 amide bonds. The van der Waals surface area contributed by atoms with E-state index < -0.39 is 0 Å². The number of nitrogens with one attached hydrogen (secondary N) is 2. The van der Waals surface area contributed by atoms with Gasteiger partial charge in [0.1, 0.15) is 5.82 Å². The summed E-state index contributed by atoms with van der Waals surface area (Å²) in [5.74, 6) is 1.03. The molecular weight excluding hydrogens is 246 g/mol. The number of benzene rings is 1. The van der Waals surface area contributed by atoms with E-state index in [1.165, 1.54) is 16.7 Å². The standard InChI is InChI=1S/C17H25N3/c1-12-6-13(2)8-14(7-12)9-16-18-10-15(20-16)11-19-17(3,4)5/h6-8,10,19H,9,11H2,1-5H3,(H,18,20). The fraction of sp³-hybridized carbons (Fsp3) is 0.471. The number of imidazole rings is 1. The summed E-state index contributed by atoms with van der Waals surface area (Å²) in [6.07, 6.45) is 2.79. The summed E-state index contributed by atoms with van der Waals surface area (Å²) in [5, 5.41) is 3.46. The zero-order chi connectivity index (χ0) is 14.8. The largest absolute Gasteiger partial charge is 0.345 e. The number of aromatic nitrogens is 2. The molecule has 0 saturated carbocycles. The molecule has 0 unspecified atom stereocenters. The Labute approximate surface area is 121 Å². The van der Waals surface area contributed by atoms with E-state index in [0.717, 1.165) is 24.5 Å². The van der Waals surface area contributed by atoms with Crippen LogP contribution in [0, 0.1) is 13.8 Å². The summed E-state index contributed by atoms with van der Waals surface area (Å²) < 4.78 is 0. The molecule has 2 aromatic rings. The Balaban J connectivity index is 2.02. The van der Waals surface area contributed by atoms with Crippen molar-refractivity contribution in [3.05, 3.63) is 52.6 Å². The monoisotopic (exact) mass is 271 g/mol. The molecule has 0 saturated heterocycles. The maximum atomic E-state index is 4.48. The molecule has 20 heavy (non-hydrogen) atoms. The Morgan fingerprint density at radius 1 is 1.10 bits per heavy atom. The summed E-state index contributed by atoms with van der Waals surface area (Å²) in [6, 6.07) is 6.65. The molecule has 1 aromatic heterocycles. The van der Waals surface area contributed by atoms with Gasteiger partial charge in [0, 0.05) is 30.4 Å². The average molecular weight is 271 g/mol. The second-order valence-electron chi connectivity index (χ2n) is 6.63. The molecular formula is C17H25N3. The minimum Gasteiger partial charge on any atom is -0.345 e. The first-order valence-electron chi connectivity index (χ1n) is 7.17. The summed E-state index contributed by atoms with van der Waals surface area (Å²) >= 11 is 0. The summed E-state index contributed by atoms with van der Waals surface area (Å²) in [7, 11) is 0. The summed E-state index contributed by atoms with van der Waals surface area (Å²) in [5.41, 5.74) is 5.19. The van der Waals surface area contributed by atoms with Crippen molar-refractivity contribution in [2.45, 2.75) is 53.1 Å². The Kier molecular flexibility index (Phi) is 4.29. The van der Waals surface area contributed by atoms with E-state index >= 15 is 0 Å². The van der Waals surface area contributed by atoms with Gasteiger partial charge in [-0.2, -0.15) is 0 Å². The predicted molar refractivity (Wildman–Crippen MR) is 83.9 cm³/mol. The fourth-order valence-corrected chi connectivity index (χ4v) is 2.31. The third-order valence-corrected chi connectivity index (χ3v) is 3.14. The Morgan fingerprint density at radius 2 is 1.75 bits per heavy atom. The van der Waals surface area contributed by atoms with Crippen molar-refractivity contribution < 1.29 is 0 Å². The van der Waals surface area contributed by atoms with Crippen molar-refractivity contribution in [2.24, 2.45) is 0 Å². The molecule has 0 bridgehead atoms. The molecule has 3 heteroatoms. The van der Waals surface area contributed by atoms with Gasteiger partial charge in [0.25, 0.3) is 0 Å². The number of nitrogens with zero attached hydrogens (tertiary/aromatic N) is 1. The Morgan fingerprint density at radius 3 is 2.35 bits per heavy atom. The van der Waals surface area contributed by atoms with Crippen LogP contribution >= 0.6 is 0 Å². The maximum absolute atomic E-state index is 4.48. The van der Waals surface area contributed by atoms with Gasteiger partial charge >= 0.3 is 0 Å². The van der Waals surface area contributed by atoms with Gasteiger partial charge in [-0.15, -0.1) is 0 Å². The molecule has 2 rings (SSSR count). The van der Waals surface area contributed by atoms with Crippen LogP contribution in [0.3, 0.4) is 0 Å². The van der Waals surface area contributed by atoms with E-state index in [4.69, 9.17) is 0 Å². The number of hydrogen-bond acceptors (Lipinski definition) is 2. The van der Waals surface area contributed by atoms with Crippen LogP contribution in [0.2, 0.25) is 0 Å². The van der Waals surface area contributed by atoms with Crippen molar-refractivity contribution in [1.29, 1.82) is 0 Å². The zero-order valence-electron chi connectivity index (χ0n) is 13.2. The molecule has 2 N–H and O–H groups in total. The van der Waals surface area contributed by atoms with Gasteiger partial charge in [-0.1, -0.05) is 29.3 Å². The highest BCUT2D eigenvalue weighted by Gasteiger charge is 2.09. The first-order chi connectivity index (χ1) is 9.32. The number of H-pyrrole nitrogens is 1.